The van der Waals surface area contributed by atoms with Crippen LogP contribution in [0.5, 0.6) is 0 Å². The predicted octanol–water partition coefficient (Wildman–Crippen LogP) is 1.26. The highest BCUT2D eigenvalue weighted by Crippen LogP contribution is 2.25. The minimum Gasteiger partial charge on any atom is -0.387 e. The van der Waals surface area contributed by atoms with Gasteiger partial charge >= 0.3 is 0 Å². The number of aliphatic hydroxyl groups is 1. The first-order valence-corrected chi connectivity index (χ1v) is 6.10. The zero-order valence-electron chi connectivity index (χ0n) is 10.7. The zero-order chi connectivity index (χ0) is 13.9. The van der Waals surface area contributed by atoms with E-state index in [1.54, 1.807) is 24.3 Å². The van der Waals surface area contributed by atoms with Crippen molar-refractivity contribution >= 4 is 18.3 Å². The minimum atomic E-state index is -2.83. The van der Waals surface area contributed by atoms with Gasteiger partial charge in [-0.3, -0.25) is 10.1 Å². The van der Waals surface area contributed by atoms with Crippen LogP contribution in [0.3, 0.4) is 0 Å². The van der Waals surface area contributed by atoms with Crippen molar-refractivity contribution in [2.45, 2.75) is 24.5 Å². The number of benzene rings is 1. The molecule has 4 nitrogen and oxygen atoms in total. The summed E-state index contributed by atoms with van der Waals surface area (Å²) in [6.45, 7) is -0.473. The van der Waals surface area contributed by atoms with E-state index in [9.17, 15) is 18.7 Å². The molecule has 1 fully saturated rings. The number of rotatable bonds is 4. The molecule has 1 amide bonds. The number of hydrogen-bond donors (Lipinski definition) is 3. The second kappa shape index (κ2) is 6.97. The van der Waals surface area contributed by atoms with Crippen LogP contribution >= 0.6 is 12.4 Å². The molecule has 0 saturated carbocycles. The summed E-state index contributed by atoms with van der Waals surface area (Å²) in [5.41, 5.74) is 0.674. The lowest BCUT2D eigenvalue weighted by atomic mass is 10.1. The van der Waals surface area contributed by atoms with Gasteiger partial charge in [-0.25, -0.2) is 8.78 Å². The van der Waals surface area contributed by atoms with Crippen molar-refractivity contribution in [2.75, 3.05) is 13.1 Å². The smallest absolute Gasteiger partial charge is 0.262 e. The maximum atomic E-state index is 12.9. The molecule has 0 aromatic heterocycles. The Morgan fingerprint density at radius 3 is 2.65 bits per heavy atom. The number of hydrogen-bond acceptors (Lipinski definition) is 3. The Bertz CT molecular complexity index is 445. The molecule has 1 aliphatic heterocycles. The van der Waals surface area contributed by atoms with E-state index in [0.717, 1.165) is 0 Å². The molecule has 2 unspecified atom stereocenters. The highest BCUT2D eigenvalue weighted by molar-refractivity contribution is 5.85. The molecule has 2 rings (SSSR count). The third-order valence-corrected chi connectivity index (χ3v) is 3.08. The third kappa shape index (κ3) is 4.40. The number of alkyl halides is 2. The SMILES string of the molecule is Cl.O=C(NCC(O)c1ccccc1)C1CC(F)(F)CN1. The van der Waals surface area contributed by atoms with Gasteiger partial charge in [-0.2, -0.15) is 0 Å². The van der Waals surface area contributed by atoms with Gasteiger partial charge in [0, 0.05) is 13.0 Å². The predicted molar refractivity (Wildman–Crippen MR) is 73.0 cm³/mol. The summed E-state index contributed by atoms with van der Waals surface area (Å²) in [6.07, 6.45) is -1.34. The quantitative estimate of drug-likeness (QED) is 0.785. The van der Waals surface area contributed by atoms with Gasteiger partial charge < -0.3 is 10.4 Å². The Morgan fingerprint density at radius 2 is 2.10 bits per heavy atom. The fraction of sp³-hybridized carbons (Fsp3) is 0.462. The number of carbonyl (C=O) groups excluding carboxylic acids is 1. The van der Waals surface area contributed by atoms with Gasteiger partial charge in [-0.05, 0) is 5.56 Å². The van der Waals surface area contributed by atoms with E-state index in [2.05, 4.69) is 10.6 Å². The largest absolute Gasteiger partial charge is 0.387 e. The summed E-state index contributed by atoms with van der Waals surface area (Å²) in [7, 11) is 0. The third-order valence-electron chi connectivity index (χ3n) is 3.08. The van der Waals surface area contributed by atoms with Crippen LogP contribution < -0.4 is 10.6 Å². The number of aliphatic hydroxyl groups excluding tert-OH is 1. The molecule has 1 saturated heterocycles. The normalized spacial score (nSPS) is 21.9. The van der Waals surface area contributed by atoms with Crippen LogP contribution in [0.2, 0.25) is 0 Å². The van der Waals surface area contributed by atoms with Crippen LogP contribution in [-0.2, 0) is 4.79 Å². The van der Waals surface area contributed by atoms with Gasteiger partial charge in [0.1, 0.15) is 0 Å². The molecule has 0 spiro atoms. The van der Waals surface area contributed by atoms with E-state index in [1.165, 1.54) is 0 Å². The van der Waals surface area contributed by atoms with Crippen LogP contribution in [0, 0.1) is 0 Å². The molecule has 1 heterocycles. The fourth-order valence-electron chi connectivity index (χ4n) is 2.01. The van der Waals surface area contributed by atoms with Crippen molar-refractivity contribution in [1.82, 2.24) is 10.6 Å². The Balaban J connectivity index is 0.00000200. The van der Waals surface area contributed by atoms with Crippen LogP contribution in [0.15, 0.2) is 30.3 Å². The van der Waals surface area contributed by atoms with Crippen molar-refractivity contribution < 1.29 is 18.7 Å². The van der Waals surface area contributed by atoms with Gasteiger partial charge in [0.05, 0.1) is 18.7 Å². The summed E-state index contributed by atoms with van der Waals surface area (Å²) in [6, 6.07) is 7.95. The molecule has 112 valence electrons. The van der Waals surface area contributed by atoms with E-state index in [0.29, 0.717) is 5.56 Å². The lowest BCUT2D eigenvalue weighted by Crippen LogP contribution is -2.41. The van der Waals surface area contributed by atoms with Crippen molar-refractivity contribution in [1.29, 1.82) is 0 Å². The van der Waals surface area contributed by atoms with Crippen molar-refractivity contribution in [2.24, 2.45) is 0 Å². The van der Waals surface area contributed by atoms with E-state index < -0.39 is 36.9 Å². The van der Waals surface area contributed by atoms with E-state index >= 15 is 0 Å². The average Bonchev–Trinajstić information content (AvgIpc) is 2.77. The summed E-state index contributed by atoms with van der Waals surface area (Å²) >= 11 is 0. The molecule has 20 heavy (non-hydrogen) atoms. The molecule has 0 aliphatic carbocycles. The van der Waals surface area contributed by atoms with Crippen LogP contribution in [0.25, 0.3) is 0 Å². The summed E-state index contributed by atoms with van der Waals surface area (Å²) in [5, 5.41) is 14.8. The van der Waals surface area contributed by atoms with E-state index in [-0.39, 0.29) is 19.0 Å². The minimum absolute atomic E-state index is 0. The summed E-state index contributed by atoms with van der Waals surface area (Å²) in [4.78, 5) is 11.7. The van der Waals surface area contributed by atoms with Crippen LogP contribution in [0.4, 0.5) is 8.78 Å². The van der Waals surface area contributed by atoms with Gasteiger partial charge in [-0.15, -0.1) is 12.4 Å². The molecule has 3 N–H and O–H groups in total. The van der Waals surface area contributed by atoms with Gasteiger partial charge in [0.25, 0.3) is 5.92 Å². The number of amides is 1. The van der Waals surface area contributed by atoms with Crippen LogP contribution in [-0.4, -0.2) is 36.1 Å². The first-order valence-electron chi connectivity index (χ1n) is 6.10. The van der Waals surface area contributed by atoms with Crippen molar-refractivity contribution in [3.8, 4) is 0 Å². The fourth-order valence-corrected chi connectivity index (χ4v) is 2.01. The summed E-state index contributed by atoms with van der Waals surface area (Å²) in [5.74, 6) is -3.34. The van der Waals surface area contributed by atoms with Gasteiger partial charge in [0.15, 0.2) is 0 Å². The molecule has 1 aromatic rings. The molecule has 0 radical (unpaired) electrons. The van der Waals surface area contributed by atoms with Gasteiger partial charge in [0.2, 0.25) is 5.91 Å². The Kier molecular flexibility index (Phi) is 5.86. The lowest BCUT2D eigenvalue weighted by Gasteiger charge is -2.15. The maximum absolute atomic E-state index is 12.9. The van der Waals surface area contributed by atoms with Gasteiger partial charge in [-0.1, -0.05) is 30.3 Å². The average molecular weight is 307 g/mol. The van der Waals surface area contributed by atoms with E-state index in [1.807, 2.05) is 6.07 Å². The number of carbonyl (C=O) groups is 1. The monoisotopic (exact) mass is 306 g/mol. The molecule has 1 aliphatic rings. The summed E-state index contributed by atoms with van der Waals surface area (Å²) < 4.78 is 25.9. The first kappa shape index (κ1) is 16.8. The Hall–Kier alpha value is -1.24. The number of halogens is 3. The molecular formula is C13H17ClF2N2O2. The van der Waals surface area contributed by atoms with Crippen molar-refractivity contribution in [3.63, 3.8) is 0 Å². The standard InChI is InChI=1S/C13H16F2N2O2.ClH/c14-13(15)6-10(17-8-13)12(19)16-7-11(18)9-4-2-1-3-5-9;/h1-5,10-11,17-18H,6-8H2,(H,16,19);1H. The Labute approximate surface area is 122 Å². The number of nitrogens with one attached hydrogen (secondary N) is 2. The second-order valence-corrected chi connectivity index (χ2v) is 4.67. The van der Waals surface area contributed by atoms with E-state index in [4.69, 9.17) is 0 Å². The molecule has 1 aromatic carbocycles. The maximum Gasteiger partial charge on any atom is 0.262 e. The molecular weight excluding hydrogens is 290 g/mol. The highest BCUT2D eigenvalue weighted by atomic mass is 35.5. The molecule has 0 bridgehead atoms. The first-order chi connectivity index (χ1) is 8.98. The topological polar surface area (TPSA) is 61.4 Å². The lowest BCUT2D eigenvalue weighted by molar-refractivity contribution is -0.123. The highest BCUT2D eigenvalue weighted by Gasteiger charge is 2.42. The molecule has 2 atom stereocenters. The second-order valence-electron chi connectivity index (χ2n) is 4.67. The van der Waals surface area contributed by atoms with Crippen molar-refractivity contribution in [3.05, 3.63) is 35.9 Å². The molecule has 7 heteroatoms. The van der Waals surface area contributed by atoms with Crippen LogP contribution in [0.1, 0.15) is 18.1 Å². The Morgan fingerprint density at radius 1 is 1.45 bits per heavy atom. The zero-order valence-corrected chi connectivity index (χ0v) is 11.5.